The molecule has 2 rings (SSSR count). The number of nitriles is 1. The fourth-order valence-corrected chi connectivity index (χ4v) is 1.35. The third kappa shape index (κ3) is 2.36. The van der Waals surface area contributed by atoms with E-state index in [9.17, 15) is 4.39 Å². The molecule has 0 aliphatic carbocycles. The van der Waals surface area contributed by atoms with Gasteiger partial charge >= 0.3 is 0 Å². The van der Waals surface area contributed by atoms with Gasteiger partial charge in [0.05, 0.1) is 23.4 Å². The maximum absolute atomic E-state index is 13.6. The molecule has 0 amide bonds. The zero-order valence-corrected chi connectivity index (χ0v) is 8.98. The lowest BCUT2D eigenvalue weighted by Gasteiger charge is -2.12. The van der Waals surface area contributed by atoms with Crippen LogP contribution < -0.4 is 5.32 Å². The highest BCUT2D eigenvalue weighted by Gasteiger charge is 2.12. The molecule has 17 heavy (non-hydrogen) atoms. The number of hydrogen-bond acceptors (Lipinski definition) is 5. The number of hydrogen-bond donors (Lipinski definition) is 2. The van der Waals surface area contributed by atoms with Crippen LogP contribution in [-0.4, -0.2) is 20.6 Å². The summed E-state index contributed by atoms with van der Waals surface area (Å²) in [6, 6.07) is 5.80. The lowest BCUT2D eigenvalue weighted by atomic mass is 10.2. The van der Waals surface area contributed by atoms with Crippen molar-refractivity contribution in [3.8, 4) is 6.07 Å². The van der Waals surface area contributed by atoms with Crippen LogP contribution in [0.25, 0.3) is 0 Å². The van der Waals surface area contributed by atoms with Gasteiger partial charge in [-0.2, -0.15) is 10.5 Å². The highest BCUT2D eigenvalue weighted by molar-refractivity contribution is 5.49. The highest BCUT2D eigenvalue weighted by atomic mass is 19.1. The minimum absolute atomic E-state index is 0.278. The van der Waals surface area contributed by atoms with Gasteiger partial charge in [-0.3, -0.25) is 0 Å². The summed E-state index contributed by atoms with van der Waals surface area (Å²) in [7, 11) is 0. The number of nitrogens with one attached hydrogen (secondary N) is 2. The number of aromatic amines is 1. The van der Waals surface area contributed by atoms with E-state index >= 15 is 0 Å². The predicted molar refractivity (Wildman–Crippen MR) is 57.3 cm³/mol. The van der Waals surface area contributed by atoms with Crippen molar-refractivity contribution in [3.05, 3.63) is 35.4 Å². The first kappa shape index (κ1) is 11.0. The third-order valence-electron chi connectivity index (χ3n) is 2.22. The summed E-state index contributed by atoms with van der Waals surface area (Å²) >= 11 is 0. The summed E-state index contributed by atoms with van der Waals surface area (Å²) < 4.78 is 13.6. The molecule has 2 aromatic rings. The molecule has 1 heterocycles. The molecule has 2 N–H and O–H groups in total. The maximum Gasteiger partial charge on any atom is 0.196 e. The van der Waals surface area contributed by atoms with Crippen LogP contribution in [0.1, 0.15) is 24.4 Å². The van der Waals surface area contributed by atoms with Crippen LogP contribution in [0, 0.1) is 17.1 Å². The van der Waals surface area contributed by atoms with Gasteiger partial charge in [-0.15, -0.1) is 10.2 Å². The van der Waals surface area contributed by atoms with E-state index in [4.69, 9.17) is 5.26 Å². The lowest BCUT2D eigenvalue weighted by Crippen LogP contribution is -2.09. The first-order valence-corrected chi connectivity index (χ1v) is 4.90. The summed E-state index contributed by atoms with van der Waals surface area (Å²) in [5, 5.41) is 24.8. The van der Waals surface area contributed by atoms with Crippen molar-refractivity contribution >= 4 is 5.69 Å². The van der Waals surface area contributed by atoms with Crippen molar-refractivity contribution in [2.45, 2.75) is 13.0 Å². The van der Waals surface area contributed by atoms with Gasteiger partial charge in [0, 0.05) is 0 Å². The van der Waals surface area contributed by atoms with Crippen LogP contribution in [0.5, 0.6) is 0 Å². The van der Waals surface area contributed by atoms with Crippen LogP contribution in [0.4, 0.5) is 10.1 Å². The summed E-state index contributed by atoms with van der Waals surface area (Å²) in [6.45, 7) is 1.78. The highest BCUT2D eigenvalue weighted by Crippen LogP contribution is 2.20. The number of tetrazole rings is 1. The van der Waals surface area contributed by atoms with Gasteiger partial charge in [0.2, 0.25) is 0 Å². The van der Waals surface area contributed by atoms with E-state index in [1.807, 2.05) is 6.07 Å². The molecule has 6 nitrogen and oxygen atoms in total. The van der Waals surface area contributed by atoms with Crippen LogP contribution in [0.3, 0.4) is 0 Å². The van der Waals surface area contributed by atoms with Gasteiger partial charge in [0.1, 0.15) is 5.82 Å². The average Bonchev–Trinajstić information content (AvgIpc) is 2.85. The van der Waals surface area contributed by atoms with Gasteiger partial charge in [-0.05, 0) is 25.1 Å². The fourth-order valence-electron chi connectivity index (χ4n) is 1.35. The van der Waals surface area contributed by atoms with E-state index in [-0.39, 0.29) is 11.6 Å². The zero-order valence-electron chi connectivity index (χ0n) is 8.98. The van der Waals surface area contributed by atoms with E-state index in [2.05, 4.69) is 25.9 Å². The van der Waals surface area contributed by atoms with Crippen LogP contribution in [-0.2, 0) is 0 Å². The SMILES string of the molecule is CC(Nc1ccc(C#N)cc1F)c1nn[nH]n1. The second-order valence-corrected chi connectivity index (χ2v) is 3.44. The van der Waals surface area contributed by atoms with Gasteiger partial charge in [-0.1, -0.05) is 5.21 Å². The van der Waals surface area contributed by atoms with Crippen molar-refractivity contribution < 1.29 is 4.39 Å². The first-order chi connectivity index (χ1) is 8.20. The molecule has 0 saturated carbocycles. The Balaban J connectivity index is 2.17. The Morgan fingerprint density at radius 1 is 1.53 bits per heavy atom. The van der Waals surface area contributed by atoms with Gasteiger partial charge in [0.15, 0.2) is 5.82 Å². The van der Waals surface area contributed by atoms with E-state index in [0.717, 1.165) is 0 Å². The second kappa shape index (κ2) is 4.57. The number of aromatic nitrogens is 4. The number of anilines is 1. The van der Waals surface area contributed by atoms with Crippen LogP contribution in [0.2, 0.25) is 0 Å². The zero-order chi connectivity index (χ0) is 12.3. The van der Waals surface area contributed by atoms with Gasteiger partial charge in [0.25, 0.3) is 0 Å². The quantitative estimate of drug-likeness (QED) is 0.834. The minimum Gasteiger partial charge on any atom is -0.373 e. The van der Waals surface area contributed by atoms with Gasteiger partial charge in [-0.25, -0.2) is 4.39 Å². The van der Waals surface area contributed by atoms with E-state index < -0.39 is 5.82 Å². The minimum atomic E-state index is -0.487. The summed E-state index contributed by atoms with van der Waals surface area (Å²) in [6.07, 6.45) is 0. The van der Waals surface area contributed by atoms with E-state index in [0.29, 0.717) is 11.5 Å². The Hall–Kier alpha value is -2.49. The molecule has 0 spiro atoms. The van der Waals surface area contributed by atoms with E-state index in [1.165, 1.54) is 18.2 Å². The molecule has 0 bridgehead atoms. The van der Waals surface area contributed by atoms with Crippen molar-refractivity contribution in [1.29, 1.82) is 5.26 Å². The van der Waals surface area contributed by atoms with E-state index in [1.54, 1.807) is 6.92 Å². The molecular weight excluding hydrogens is 223 g/mol. The second-order valence-electron chi connectivity index (χ2n) is 3.44. The van der Waals surface area contributed by atoms with Crippen molar-refractivity contribution in [2.24, 2.45) is 0 Å². The number of nitrogens with zero attached hydrogens (tertiary/aromatic N) is 4. The topological polar surface area (TPSA) is 90.3 Å². The maximum atomic E-state index is 13.6. The smallest absolute Gasteiger partial charge is 0.196 e. The molecule has 1 aromatic heterocycles. The molecule has 1 unspecified atom stereocenters. The molecule has 0 saturated heterocycles. The molecule has 7 heteroatoms. The Morgan fingerprint density at radius 3 is 2.94 bits per heavy atom. The molecule has 0 aliphatic heterocycles. The monoisotopic (exact) mass is 232 g/mol. The van der Waals surface area contributed by atoms with Crippen molar-refractivity contribution in [2.75, 3.05) is 5.32 Å². The van der Waals surface area contributed by atoms with Crippen LogP contribution >= 0.6 is 0 Å². The molecule has 1 atom stereocenters. The van der Waals surface area contributed by atoms with Crippen molar-refractivity contribution in [3.63, 3.8) is 0 Å². The Morgan fingerprint density at radius 2 is 2.35 bits per heavy atom. The van der Waals surface area contributed by atoms with Gasteiger partial charge < -0.3 is 5.32 Å². The predicted octanol–water partition coefficient (Wildman–Crippen LogP) is 1.38. The largest absolute Gasteiger partial charge is 0.373 e. The Bertz CT molecular complexity index is 544. The number of benzene rings is 1. The van der Waals surface area contributed by atoms with Crippen LogP contribution in [0.15, 0.2) is 18.2 Å². The Labute approximate surface area is 96.5 Å². The fraction of sp³-hybridized carbons (Fsp3) is 0.200. The molecule has 0 fully saturated rings. The first-order valence-electron chi connectivity index (χ1n) is 4.90. The molecule has 0 radical (unpaired) electrons. The lowest BCUT2D eigenvalue weighted by molar-refractivity contribution is 0.625. The summed E-state index contributed by atoms with van der Waals surface area (Å²) in [5.74, 6) is -0.0480. The summed E-state index contributed by atoms with van der Waals surface area (Å²) in [5.41, 5.74) is 0.571. The normalized spacial score (nSPS) is 11.8. The van der Waals surface area contributed by atoms with Crippen molar-refractivity contribution in [1.82, 2.24) is 20.6 Å². The molecule has 1 aromatic carbocycles. The molecule has 0 aliphatic rings. The molecular formula is C10H9FN6. The number of rotatable bonds is 3. The molecule has 86 valence electrons. The number of halogens is 1. The summed E-state index contributed by atoms with van der Waals surface area (Å²) in [4.78, 5) is 0. The third-order valence-corrected chi connectivity index (χ3v) is 2.22. The average molecular weight is 232 g/mol. The number of H-pyrrole nitrogens is 1. The Kier molecular flexibility index (Phi) is 2.96. The standard InChI is InChI=1S/C10H9FN6/c1-6(10-14-16-17-15-10)13-9-3-2-7(5-12)4-8(9)11/h2-4,6,13H,1H3,(H,14,15,16,17).